The first-order chi connectivity index (χ1) is 8.25. The van der Waals surface area contributed by atoms with E-state index >= 15 is 0 Å². The molecule has 3 aliphatic rings. The van der Waals surface area contributed by atoms with Gasteiger partial charge in [-0.25, -0.2) is 0 Å². The van der Waals surface area contributed by atoms with Gasteiger partial charge in [-0.1, -0.05) is 19.3 Å². The average molecular weight is 236 g/mol. The molecule has 0 heterocycles. The van der Waals surface area contributed by atoms with Crippen molar-refractivity contribution in [3.05, 3.63) is 0 Å². The normalized spacial score (nSPS) is 39.4. The highest BCUT2D eigenvalue weighted by Crippen LogP contribution is 2.48. The van der Waals surface area contributed by atoms with Crippen LogP contribution >= 0.6 is 0 Å². The van der Waals surface area contributed by atoms with E-state index in [9.17, 15) is 0 Å². The first kappa shape index (κ1) is 12.0. The lowest BCUT2D eigenvalue weighted by molar-refractivity contribution is -0.00567. The van der Waals surface area contributed by atoms with Gasteiger partial charge in [0.05, 0.1) is 0 Å². The Kier molecular flexibility index (Phi) is 3.20. The Hall–Kier alpha value is -0.0800. The summed E-state index contributed by atoms with van der Waals surface area (Å²) >= 11 is 0. The zero-order valence-electron chi connectivity index (χ0n) is 11.3. The second kappa shape index (κ2) is 4.55. The van der Waals surface area contributed by atoms with Gasteiger partial charge in [0.1, 0.15) is 0 Å². The Morgan fingerprint density at radius 1 is 1.06 bits per heavy atom. The minimum atomic E-state index is 0.358. The minimum Gasteiger partial charge on any atom is -0.329 e. The summed E-state index contributed by atoms with van der Waals surface area (Å²) in [6.45, 7) is 0.878. The molecule has 2 atom stereocenters. The smallest absolute Gasteiger partial charge is 0.0334 e. The average Bonchev–Trinajstić information content (AvgIpc) is 3.10. The fourth-order valence-electron chi connectivity index (χ4n) is 4.17. The first-order valence-electron chi connectivity index (χ1n) is 7.68. The van der Waals surface area contributed by atoms with Gasteiger partial charge in [0.2, 0.25) is 0 Å². The quantitative estimate of drug-likeness (QED) is 0.813. The van der Waals surface area contributed by atoms with Crippen molar-refractivity contribution in [2.75, 3.05) is 13.6 Å². The highest BCUT2D eigenvalue weighted by atomic mass is 15.2. The molecule has 2 heteroatoms. The van der Waals surface area contributed by atoms with Crippen LogP contribution in [0.5, 0.6) is 0 Å². The van der Waals surface area contributed by atoms with Gasteiger partial charge in [-0.2, -0.15) is 0 Å². The van der Waals surface area contributed by atoms with E-state index in [1.807, 2.05) is 0 Å². The lowest BCUT2D eigenvalue weighted by Crippen LogP contribution is -2.59. The summed E-state index contributed by atoms with van der Waals surface area (Å²) in [5, 5.41) is 0. The molecule has 3 saturated carbocycles. The topological polar surface area (TPSA) is 29.3 Å². The molecule has 2 unspecified atom stereocenters. The fourth-order valence-corrected chi connectivity index (χ4v) is 4.17. The largest absolute Gasteiger partial charge is 0.329 e. The van der Waals surface area contributed by atoms with E-state index < -0.39 is 0 Å². The number of nitrogens with two attached hydrogens (primary N) is 1. The molecule has 0 amide bonds. The zero-order chi connectivity index (χ0) is 11.9. The summed E-state index contributed by atoms with van der Waals surface area (Å²) in [7, 11) is 2.35. The van der Waals surface area contributed by atoms with Crippen LogP contribution in [-0.4, -0.2) is 30.1 Å². The second-order valence-corrected chi connectivity index (χ2v) is 6.82. The second-order valence-electron chi connectivity index (χ2n) is 6.82. The van der Waals surface area contributed by atoms with Gasteiger partial charge in [0.15, 0.2) is 0 Å². The van der Waals surface area contributed by atoms with Gasteiger partial charge >= 0.3 is 0 Å². The summed E-state index contributed by atoms with van der Waals surface area (Å²) in [5.41, 5.74) is 6.55. The van der Waals surface area contributed by atoms with Crippen LogP contribution in [0.15, 0.2) is 0 Å². The zero-order valence-corrected chi connectivity index (χ0v) is 11.3. The maximum absolute atomic E-state index is 6.20. The van der Waals surface area contributed by atoms with Crippen molar-refractivity contribution < 1.29 is 0 Å². The maximum atomic E-state index is 6.20. The highest BCUT2D eigenvalue weighted by Gasteiger charge is 2.45. The molecule has 3 rings (SSSR count). The molecule has 0 aromatic heterocycles. The van der Waals surface area contributed by atoms with Crippen LogP contribution in [0.25, 0.3) is 0 Å². The van der Waals surface area contributed by atoms with Crippen LogP contribution in [0.1, 0.15) is 57.8 Å². The van der Waals surface area contributed by atoms with Crippen LogP contribution in [0.2, 0.25) is 0 Å². The molecular weight excluding hydrogens is 208 g/mol. The van der Waals surface area contributed by atoms with Crippen LogP contribution < -0.4 is 5.73 Å². The predicted octanol–water partition coefficient (Wildman–Crippen LogP) is 2.77. The van der Waals surface area contributed by atoms with Gasteiger partial charge in [0, 0.05) is 18.1 Å². The van der Waals surface area contributed by atoms with Gasteiger partial charge in [-0.3, -0.25) is 4.90 Å². The standard InChI is InChI=1S/C15H28N2/c1-17(14-5-2-6-14)15(11-16)9-3-4-13(10-15)12-7-8-12/h12-14H,2-11,16H2,1H3. The maximum Gasteiger partial charge on any atom is 0.0334 e. The molecule has 2 nitrogen and oxygen atoms in total. The van der Waals surface area contributed by atoms with Crippen LogP contribution in [-0.2, 0) is 0 Å². The molecule has 17 heavy (non-hydrogen) atoms. The molecule has 0 bridgehead atoms. The molecule has 98 valence electrons. The molecule has 0 saturated heterocycles. The third-order valence-electron chi connectivity index (χ3n) is 5.90. The van der Waals surface area contributed by atoms with Crippen LogP contribution in [0.3, 0.4) is 0 Å². The molecule has 0 aromatic carbocycles. The number of likely N-dealkylation sites (N-methyl/N-ethyl adjacent to an activating group) is 1. The fraction of sp³-hybridized carbons (Fsp3) is 1.00. The number of rotatable bonds is 4. The van der Waals surface area contributed by atoms with Crippen molar-refractivity contribution in [3.63, 3.8) is 0 Å². The predicted molar refractivity (Wildman–Crippen MR) is 71.9 cm³/mol. The molecule has 3 aliphatic carbocycles. The third-order valence-corrected chi connectivity index (χ3v) is 5.90. The van der Waals surface area contributed by atoms with Crippen LogP contribution in [0, 0.1) is 11.8 Å². The Balaban J connectivity index is 1.70. The molecule has 0 spiro atoms. The molecule has 3 fully saturated rings. The van der Waals surface area contributed by atoms with Crippen molar-refractivity contribution in [2.24, 2.45) is 17.6 Å². The van der Waals surface area contributed by atoms with E-state index in [-0.39, 0.29) is 0 Å². The highest BCUT2D eigenvalue weighted by molar-refractivity contribution is 5.01. The van der Waals surface area contributed by atoms with Crippen molar-refractivity contribution in [1.29, 1.82) is 0 Å². The number of hydrogen-bond donors (Lipinski definition) is 1. The molecule has 2 N–H and O–H groups in total. The Labute approximate surface area is 106 Å². The van der Waals surface area contributed by atoms with E-state index in [1.165, 1.54) is 57.8 Å². The van der Waals surface area contributed by atoms with Crippen molar-refractivity contribution in [1.82, 2.24) is 4.90 Å². The lowest BCUT2D eigenvalue weighted by Gasteiger charge is -2.52. The minimum absolute atomic E-state index is 0.358. The van der Waals surface area contributed by atoms with E-state index in [0.717, 1.165) is 24.4 Å². The Morgan fingerprint density at radius 2 is 1.82 bits per heavy atom. The molecule has 0 aromatic rings. The van der Waals surface area contributed by atoms with E-state index in [0.29, 0.717) is 5.54 Å². The van der Waals surface area contributed by atoms with Crippen molar-refractivity contribution >= 4 is 0 Å². The van der Waals surface area contributed by atoms with Crippen molar-refractivity contribution in [3.8, 4) is 0 Å². The van der Waals surface area contributed by atoms with E-state index in [4.69, 9.17) is 5.73 Å². The Morgan fingerprint density at radius 3 is 2.35 bits per heavy atom. The van der Waals surface area contributed by atoms with Crippen molar-refractivity contribution in [2.45, 2.75) is 69.4 Å². The number of nitrogens with zero attached hydrogens (tertiary/aromatic N) is 1. The summed E-state index contributed by atoms with van der Waals surface area (Å²) < 4.78 is 0. The molecule has 0 radical (unpaired) electrons. The first-order valence-corrected chi connectivity index (χ1v) is 7.68. The Bertz CT molecular complexity index is 270. The van der Waals surface area contributed by atoms with Crippen LogP contribution in [0.4, 0.5) is 0 Å². The van der Waals surface area contributed by atoms with Gasteiger partial charge in [-0.05, 0) is 57.4 Å². The summed E-state index contributed by atoms with van der Waals surface area (Å²) in [4.78, 5) is 2.69. The third kappa shape index (κ3) is 2.15. The lowest BCUT2D eigenvalue weighted by atomic mass is 9.71. The van der Waals surface area contributed by atoms with E-state index in [2.05, 4.69) is 11.9 Å². The summed E-state index contributed by atoms with van der Waals surface area (Å²) in [5.74, 6) is 2.06. The summed E-state index contributed by atoms with van der Waals surface area (Å²) in [6, 6.07) is 0.844. The van der Waals surface area contributed by atoms with Gasteiger partial charge < -0.3 is 5.73 Å². The van der Waals surface area contributed by atoms with E-state index in [1.54, 1.807) is 0 Å². The SMILES string of the molecule is CN(C1CCC1)C1(CN)CCCC(C2CC2)C1. The number of hydrogen-bond acceptors (Lipinski definition) is 2. The molecular formula is C15H28N2. The monoisotopic (exact) mass is 236 g/mol. The van der Waals surface area contributed by atoms with Gasteiger partial charge in [-0.15, -0.1) is 0 Å². The molecule has 0 aliphatic heterocycles. The van der Waals surface area contributed by atoms with Gasteiger partial charge in [0.25, 0.3) is 0 Å². The summed E-state index contributed by atoms with van der Waals surface area (Å²) in [6.07, 6.45) is 12.9.